The molecule has 1 aromatic heterocycles. The summed E-state index contributed by atoms with van der Waals surface area (Å²) in [4.78, 5) is 6.91. The van der Waals surface area contributed by atoms with E-state index in [-0.39, 0.29) is 0 Å². The second kappa shape index (κ2) is 9.73. The Bertz CT molecular complexity index is 784. The summed E-state index contributed by atoms with van der Waals surface area (Å²) < 4.78 is 7.22. The lowest BCUT2D eigenvalue weighted by molar-refractivity contribution is 0.182. The third kappa shape index (κ3) is 4.93. The number of nitrogens with zero attached hydrogens (tertiary/aromatic N) is 4. The van der Waals surface area contributed by atoms with Crippen LogP contribution < -0.4 is 5.32 Å². The van der Waals surface area contributed by atoms with Crippen LogP contribution in [0.4, 0.5) is 0 Å². The summed E-state index contributed by atoms with van der Waals surface area (Å²) in [5.41, 5.74) is 4.94. The molecule has 152 valence electrons. The zero-order valence-electron chi connectivity index (χ0n) is 17.6. The number of guanidine groups is 1. The van der Waals surface area contributed by atoms with E-state index < -0.39 is 0 Å². The molecule has 1 atom stereocenters. The van der Waals surface area contributed by atoms with E-state index in [9.17, 15) is 0 Å². The molecule has 1 aromatic carbocycles. The zero-order valence-corrected chi connectivity index (χ0v) is 17.6. The molecule has 0 radical (unpaired) electrons. The molecule has 3 rings (SSSR count). The van der Waals surface area contributed by atoms with Crippen LogP contribution in [0.1, 0.15) is 28.9 Å². The van der Waals surface area contributed by atoms with E-state index in [2.05, 4.69) is 64.5 Å². The lowest BCUT2D eigenvalue weighted by atomic mass is 9.99. The SMILES string of the molecule is CN=C(NCc1c(C)nn(CCOC)c1C)N1CCC(Cc2ccccc2)C1. The van der Waals surface area contributed by atoms with Crippen LogP contribution in [0.3, 0.4) is 0 Å². The second-order valence-corrected chi connectivity index (χ2v) is 7.56. The van der Waals surface area contributed by atoms with Crippen LogP contribution in [0.25, 0.3) is 0 Å². The van der Waals surface area contributed by atoms with Gasteiger partial charge in [0.1, 0.15) is 0 Å². The van der Waals surface area contributed by atoms with Crippen molar-refractivity contribution in [3.8, 4) is 0 Å². The van der Waals surface area contributed by atoms with Gasteiger partial charge in [0, 0.05) is 45.0 Å². The fourth-order valence-electron chi connectivity index (χ4n) is 4.02. The molecule has 2 heterocycles. The molecule has 1 unspecified atom stereocenters. The highest BCUT2D eigenvalue weighted by Crippen LogP contribution is 2.21. The molecule has 1 aliphatic heterocycles. The van der Waals surface area contributed by atoms with E-state index in [4.69, 9.17) is 4.74 Å². The molecule has 0 spiro atoms. The van der Waals surface area contributed by atoms with Gasteiger partial charge in [-0.25, -0.2) is 0 Å². The summed E-state index contributed by atoms with van der Waals surface area (Å²) in [5.74, 6) is 1.67. The molecular weight excluding hydrogens is 350 g/mol. The lowest BCUT2D eigenvalue weighted by Crippen LogP contribution is -2.39. The van der Waals surface area contributed by atoms with Gasteiger partial charge in [-0.1, -0.05) is 30.3 Å². The standard InChI is InChI=1S/C22H33N5O/c1-17-21(18(2)27(25-17)12-13-28-4)15-24-22(23-3)26-11-10-20(16-26)14-19-8-6-5-7-9-19/h5-9,20H,10-16H2,1-4H3,(H,23,24). The lowest BCUT2D eigenvalue weighted by Gasteiger charge is -2.22. The number of methoxy groups -OCH3 is 1. The van der Waals surface area contributed by atoms with Gasteiger partial charge in [-0.3, -0.25) is 9.67 Å². The number of likely N-dealkylation sites (tertiary alicyclic amines) is 1. The summed E-state index contributed by atoms with van der Waals surface area (Å²) in [7, 11) is 3.59. The summed E-state index contributed by atoms with van der Waals surface area (Å²) in [6, 6.07) is 10.8. The number of hydrogen-bond donors (Lipinski definition) is 1. The Hall–Kier alpha value is -2.34. The minimum Gasteiger partial charge on any atom is -0.383 e. The fourth-order valence-corrected chi connectivity index (χ4v) is 4.02. The second-order valence-electron chi connectivity index (χ2n) is 7.56. The predicted molar refractivity (Wildman–Crippen MR) is 114 cm³/mol. The predicted octanol–water partition coefficient (Wildman–Crippen LogP) is 2.79. The first-order chi connectivity index (χ1) is 13.6. The van der Waals surface area contributed by atoms with Gasteiger partial charge in [-0.15, -0.1) is 0 Å². The maximum atomic E-state index is 5.18. The number of nitrogens with one attached hydrogen (secondary N) is 1. The van der Waals surface area contributed by atoms with Crippen molar-refractivity contribution < 1.29 is 4.74 Å². The number of rotatable bonds is 7. The van der Waals surface area contributed by atoms with Crippen LogP contribution in [0.15, 0.2) is 35.3 Å². The molecule has 28 heavy (non-hydrogen) atoms. The summed E-state index contributed by atoms with van der Waals surface area (Å²) in [5, 5.41) is 8.21. The van der Waals surface area contributed by atoms with E-state index >= 15 is 0 Å². The molecule has 1 saturated heterocycles. The Morgan fingerprint density at radius 1 is 1.29 bits per heavy atom. The number of hydrogen-bond acceptors (Lipinski definition) is 3. The van der Waals surface area contributed by atoms with Crippen molar-refractivity contribution in [1.29, 1.82) is 0 Å². The van der Waals surface area contributed by atoms with Crippen molar-refractivity contribution in [2.24, 2.45) is 10.9 Å². The minimum atomic E-state index is 0.674. The smallest absolute Gasteiger partial charge is 0.193 e. The van der Waals surface area contributed by atoms with Gasteiger partial charge in [0.2, 0.25) is 0 Å². The normalized spacial score (nSPS) is 17.4. The molecule has 2 aromatic rings. The molecule has 1 N–H and O–H groups in total. The Kier molecular flexibility index (Phi) is 7.09. The topological polar surface area (TPSA) is 54.7 Å². The average Bonchev–Trinajstić information content (AvgIpc) is 3.27. The maximum absolute atomic E-state index is 5.18. The molecular formula is C22H33N5O. The van der Waals surface area contributed by atoms with Crippen LogP contribution in [0.5, 0.6) is 0 Å². The first-order valence-electron chi connectivity index (χ1n) is 10.1. The van der Waals surface area contributed by atoms with Gasteiger partial charge in [-0.2, -0.15) is 5.10 Å². The number of benzene rings is 1. The third-order valence-electron chi connectivity index (χ3n) is 5.63. The van der Waals surface area contributed by atoms with Gasteiger partial charge in [0.05, 0.1) is 18.8 Å². The van der Waals surface area contributed by atoms with E-state index in [0.717, 1.165) is 44.3 Å². The zero-order chi connectivity index (χ0) is 19.9. The average molecular weight is 384 g/mol. The van der Waals surface area contributed by atoms with Gasteiger partial charge in [-0.05, 0) is 38.2 Å². The van der Waals surface area contributed by atoms with Crippen molar-refractivity contribution in [2.45, 2.75) is 39.8 Å². The number of ether oxygens (including phenoxy) is 1. The number of aromatic nitrogens is 2. The summed E-state index contributed by atoms with van der Waals surface area (Å²) >= 11 is 0. The highest BCUT2D eigenvalue weighted by molar-refractivity contribution is 5.80. The van der Waals surface area contributed by atoms with Gasteiger partial charge in [0.15, 0.2) is 5.96 Å². The highest BCUT2D eigenvalue weighted by Gasteiger charge is 2.25. The molecule has 0 saturated carbocycles. The van der Waals surface area contributed by atoms with Crippen LogP contribution >= 0.6 is 0 Å². The molecule has 6 heteroatoms. The quantitative estimate of drug-likeness (QED) is 0.590. The summed E-state index contributed by atoms with van der Waals surface area (Å²) in [6.07, 6.45) is 2.35. The van der Waals surface area contributed by atoms with E-state index in [1.165, 1.54) is 23.2 Å². The van der Waals surface area contributed by atoms with Crippen molar-refractivity contribution >= 4 is 5.96 Å². The monoisotopic (exact) mass is 383 g/mol. The molecule has 0 amide bonds. The van der Waals surface area contributed by atoms with E-state index in [0.29, 0.717) is 12.5 Å². The summed E-state index contributed by atoms with van der Waals surface area (Å²) in [6.45, 7) is 8.51. The largest absolute Gasteiger partial charge is 0.383 e. The molecule has 1 fully saturated rings. The Morgan fingerprint density at radius 2 is 2.07 bits per heavy atom. The van der Waals surface area contributed by atoms with Crippen LogP contribution in [0.2, 0.25) is 0 Å². The molecule has 0 aliphatic carbocycles. The van der Waals surface area contributed by atoms with Gasteiger partial charge < -0.3 is 15.0 Å². The van der Waals surface area contributed by atoms with Crippen molar-refractivity contribution in [2.75, 3.05) is 33.9 Å². The van der Waals surface area contributed by atoms with Crippen LogP contribution in [-0.2, 0) is 24.2 Å². The fraction of sp³-hybridized carbons (Fsp3) is 0.545. The van der Waals surface area contributed by atoms with E-state index in [1.54, 1.807) is 7.11 Å². The number of aliphatic imine (C=N–C) groups is 1. The molecule has 1 aliphatic rings. The first kappa shape index (κ1) is 20.4. The van der Waals surface area contributed by atoms with Crippen molar-refractivity contribution in [3.63, 3.8) is 0 Å². The number of aryl methyl sites for hydroxylation is 1. The first-order valence-corrected chi connectivity index (χ1v) is 10.1. The highest BCUT2D eigenvalue weighted by atomic mass is 16.5. The molecule has 0 bridgehead atoms. The van der Waals surface area contributed by atoms with E-state index in [1.807, 2.05) is 11.7 Å². The Labute approximate surface area is 168 Å². The third-order valence-corrected chi connectivity index (χ3v) is 5.63. The maximum Gasteiger partial charge on any atom is 0.193 e. The van der Waals surface area contributed by atoms with Crippen molar-refractivity contribution in [3.05, 3.63) is 52.8 Å². The van der Waals surface area contributed by atoms with Crippen LogP contribution in [-0.4, -0.2) is 54.5 Å². The van der Waals surface area contributed by atoms with Gasteiger partial charge in [0.25, 0.3) is 0 Å². The molecule has 6 nitrogen and oxygen atoms in total. The Balaban J connectivity index is 1.56. The van der Waals surface area contributed by atoms with Gasteiger partial charge >= 0.3 is 0 Å². The Morgan fingerprint density at radius 3 is 2.79 bits per heavy atom. The van der Waals surface area contributed by atoms with Crippen LogP contribution in [0, 0.1) is 19.8 Å². The van der Waals surface area contributed by atoms with Crippen molar-refractivity contribution in [1.82, 2.24) is 20.0 Å². The minimum absolute atomic E-state index is 0.674.